The van der Waals surface area contributed by atoms with Crippen LogP contribution in [-0.4, -0.2) is 4.98 Å². The second-order valence-corrected chi connectivity index (χ2v) is 3.81. The Morgan fingerprint density at radius 2 is 2.00 bits per heavy atom. The zero-order chi connectivity index (χ0) is 11.0. The Balaban J connectivity index is 2.42. The minimum atomic E-state index is 0.877. The lowest BCUT2D eigenvalue weighted by molar-refractivity contribution is 0.582. The van der Waals surface area contributed by atoms with Gasteiger partial charge in [-0.15, -0.1) is 0 Å². The van der Waals surface area contributed by atoms with Gasteiger partial charge in [-0.3, -0.25) is 4.98 Å². The number of pyridine rings is 1. The van der Waals surface area contributed by atoms with Gasteiger partial charge in [-0.05, 0) is 30.7 Å². The Hall–Kier alpha value is -2.09. The van der Waals surface area contributed by atoms with Crippen molar-refractivity contribution in [2.75, 3.05) is 0 Å². The van der Waals surface area contributed by atoms with Crippen LogP contribution in [0.1, 0.15) is 5.56 Å². The highest BCUT2D eigenvalue weighted by Crippen LogP contribution is 2.30. The van der Waals surface area contributed by atoms with Crippen LogP contribution in [-0.2, 0) is 0 Å². The summed E-state index contributed by atoms with van der Waals surface area (Å²) in [5.41, 5.74) is 3.27. The molecule has 2 heteroatoms. The molecule has 16 heavy (non-hydrogen) atoms. The lowest BCUT2D eigenvalue weighted by Crippen LogP contribution is -1.86. The van der Waals surface area contributed by atoms with Crippen LogP contribution in [0.5, 0.6) is 0 Å². The molecule has 0 aliphatic rings. The predicted molar refractivity (Wildman–Crippen MR) is 64.2 cm³/mol. The topological polar surface area (TPSA) is 26.0 Å². The SMILES string of the molecule is Cc1ccc2cccnc2c1-c1ccco1. The second kappa shape index (κ2) is 3.49. The van der Waals surface area contributed by atoms with Crippen LogP contribution in [0.2, 0.25) is 0 Å². The summed E-state index contributed by atoms with van der Waals surface area (Å²) in [6.45, 7) is 2.08. The quantitative estimate of drug-likeness (QED) is 0.609. The van der Waals surface area contributed by atoms with E-state index in [1.165, 1.54) is 5.56 Å². The van der Waals surface area contributed by atoms with E-state index < -0.39 is 0 Å². The first kappa shape index (κ1) is 9.16. The molecule has 2 aromatic heterocycles. The maximum Gasteiger partial charge on any atom is 0.136 e. The standard InChI is InChI=1S/C14H11NO/c1-10-6-7-11-4-2-8-15-14(11)13(10)12-5-3-9-16-12/h2-9H,1H3. The molecule has 0 bridgehead atoms. The number of nitrogens with zero attached hydrogens (tertiary/aromatic N) is 1. The van der Waals surface area contributed by atoms with E-state index >= 15 is 0 Å². The molecular formula is C14H11NO. The first-order chi connectivity index (χ1) is 7.86. The summed E-state index contributed by atoms with van der Waals surface area (Å²) in [6.07, 6.45) is 3.50. The third-order valence-electron chi connectivity index (χ3n) is 2.75. The van der Waals surface area contributed by atoms with E-state index in [1.54, 1.807) is 6.26 Å². The van der Waals surface area contributed by atoms with Gasteiger partial charge in [0.2, 0.25) is 0 Å². The fourth-order valence-electron chi connectivity index (χ4n) is 1.98. The van der Waals surface area contributed by atoms with Crippen LogP contribution in [0.4, 0.5) is 0 Å². The van der Waals surface area contributed by atoms with E-state index in [-0.39, 0.29) is 0 Å². The molecule has 0 unspecified atom stereocenters. The largest absolute Gasteiger partial charge is 0.464 e. The van der Waals surface area contributed by atoms with Crippen LogP contribution >= 0.6 is 0 Å². The zero-order valence-electron chi connectivity index (χ0n) is 8.97. The van der Waals surface area contributed by atoms with Crippen molar-refractivity contribution in [2.24, 2.45) is 0 Å². The van der Waals surface area contributed by atoms with Gasteiger partial charge in [-0.1, -0.05) is 18.2 Å². The molecule has 0 saturated heterocycles. The number of aryl methyl sites for hydroxylation is 1. The molecule has 3 aromatic rings. The molecule has 2 heterocycles. The van der Waals surface area contributed by atoms with Crippen molar-refractivity contribution < 1.29 is 4.42 Å². The monoisotopic (exact) mass is 209 g/mol. The molecule has 3 rings (SSSR count). The van der Waals surface area contributed by atoms with Gasteiger partial charge in [0.25, 0.3) is 0 Å². The predicted octanol–water partition coefficient (Wildman–Crippen LogP) is 3.80. The maximum absolute atomic E-state index is 5.47. The first-order valence-electron chi connectivity index (χ1n) is 5.24. The minimum absolute atomic E-state index is 0.877. The molecule has 1 aromatic carbocycles. The normalized spacial score (nSPS) is 10.8. The van der Waals surface area contributed by atoms with E-state index in [9.17, 15) is 0 Å². The lowest BCUT2D eigenvalue weighted by atomic mass is 10.0. The zero-order valence-corrected chi connectivity index (χ0v) is 8.97. The Labute approximate surface area is 93.5 Å². The summed E-state index contributed by atoms with van der Waals surface area (Å²) < 4.78 is 5.47. The average Bonchev–Trinajstić information content (AvgIpc) is 2.82. The molecule has 0 N–H and O–H groups in total. The van der Waals surface area contributed by atoms with Gasteiger partial charge < -0.3 is 4.42 Å². The summed E-state index contributed by atoms with van der Waals surface area (Å²) in [7, 11) is 0. The molecule has 0 aliphatic heterocycles. The minimum Gasteiger partial charge on any atom is -0.464 e. The van der Waals surface area contributed by atoms with E-state index in [2.05, 4.69) is 30.1 Å². The van der Waals surface area contributed by atoms with Gasteiger partial charge in [-0.2, -0.15) is 0 Å². The lowest BCUT2D eigenvalue weighted by Gasteiger charge is -2.06. The van der Waals surface area contributed by atoms with Gasteiger partial charge >= 0.3 is 0 Å². The Kier molecular flexibility index (Phi) is 2.00. The smallest absolute Gasteiger partial charge is 0.136 e. The molecule has 2 nitrogen and oxygen atoms in total. The molecule has 0 fully saturated rings. The van der Waals surface area contributed by atoms with Crippen molar-refractivity contribution >= 4 is 10.9 Å². The number of hydrogen-bond acceptors (Lipinski definition) is 2. The van der Waals surface area contributed by atoms with Crippen molar-refractivity contribution in [2.45, 2.75) is 6.92 Å². The summed E-state index contributed by atoms with van der Waals surface area (Å²) in [5.74, 6) is 0.877. The second-order valence-electron chi connectivity index (χ2n) is 3.81. The fraction of sp³-hybridized carbons (Fsp3) is 0.0714. The van der Waals surface area contributed by atoms with Gasteiger partial charge in [0.15, 0.2) is 0 Å². The molecule has 0 aliphatic carbocycles. The number of furan rings is 1. The molecule has 0 atom stereocenters. The Bertz CT molecular complexity index is 626. The van der Waals surface area contributed by atoms with Crippen molar-refractivity contribution in [1.29, 1.82) is 0 Å². The Morgan fingerprint density at radius 3 is 2.81 bits per heavy atom. The molecule has 0 spiro atoms. The summed E-state index contributed by atoms with van der Waals surface area (Å²) in [6, 6.07) is 12.1. The van der Waals surface area contributed by atoms with Gasteiger partial charge in [0, 0.05) is 17.1 Å². The number of fused-ring (bicyclic) bond motifs is 1. The van der Waals surface area contributed by atoms with Crippen LogP contribution in [0, 0.1) is 6.92 Å². The summed E-state index contributed by atoms with van der Waals surface area (Å²) in [4.78, 5) is 4.44. The van der Waals surface area contributed by atoms with E-state index in [0.717, 1.165) is 22.2 Å². The number of hydrogen-bond donors (Lipinski definition) is 0. The van der Waals surface area contributed by atoms with Crippen molar-refractivity contribution in [3.05, 3.63) is 54.4 Å². The van der Waals surface area contributed by atoms with E-state index in [1.807, 2.05) is 24.4 Å². The van der Waals surface area contributed by atoms with Crippen molar-refractivity contribution in [1.82, 2.24) is 4.98 Å². The Morgan fingerprint density at radius 1 is 1.06 bits per heavy atom. The third kappa shape index (κ3) is 1.31. The number of benzene rings is 1. The van der Waals surface area contributed by atoms with Crippen LogP contribution < -0.4 is 0 Å². The summed E-state index contributed by atoms with van der Waals surface area (Å²) >= 11 is 0. The van der Waals surface area contributed by atoms with E-state index in [4.69, 9.17) is 4.42 Å². The van der Waals surface area contributed by atoms with Gasteiger partial charge in [0.05, 0.1) is 11.8 Å². The van der Waals surface area contributed by atoms with Gasteiger partial charge in [0.1, 0.15) is 5.76 Å². The molecule has 0 saturated carbocycles. The van der Waals surface area contributed by atoms with Crippen molar-refractivity contribution in [3.8, 4) is 11.3 Å². The van der Waals surface area contributed by atoms with Crippen LogP contribution in [0.15, 0.2) is 53.3 Å². The molecule has 78 valence electrons. The fourth-order valence-corrected chi connectivity index (χ4v) is 1.98. The average molecular weight is 209 g/mol. The molecule has 0 amide bonds. The van der Waals surface area contributed by atoms with Crippen molar-refractivity contribution in [3.63, 3.8) is 0 Å². The first-order valence-corrected chi connectivity index (χ1v) is 5.24. The maximum atomic E-state index is 5.47. The highest BCUT2D eigenvalue weighted by molar-refractivity contribution is 5.93. The number of aromatic nitrogens is 1. The molecule has 0 radical (unpaired) electrons. The van der Waals surface area contributed by atoms with Crippen LogP contribution in [0.25, 0.3) is 22.2 Å². The molecular weight excluding hydrogens is 198 g/mol. The van der Waals surface area contributed by atoms with Crippen LogP contribution in [0.3, 0.4) is 0 Å². The third-order valence-corrected chi connectivity index (χ3v) is 2.75. The highest BCUT2D eigenvalue weighted by Gasteiger charge is 2.09. The highest BCUT2D eigenvalue weighted by atomic mass is 16.3. The van der Waals surface area contributed by atoms with E-state index in [0.29, 0.717) is 0 Å². The van der Waals surface area contributed by atoms with Gasteiger partial charge in [-0.25, -0.2) is 0 Å². The summed E-state index contributed by atoms with van der Waals surface area (Å²) in [5, 5.41) is 1.14. The number of rotatable bonds is 1.